The maximum atomic E-state index is 8.97. The molecule has 0 aliphatic heterocycles. The van der Waals surface area contributed by atoms with Gasteiger partial charge < -0.3 is 0 Å². The summed E-state index contributed by atoms with van der Waals surface area (Å²) in [5.74, 6) is 0.512. The SMILES string of the molecule is CC(C)C1=C(NO)C[C@@H](C)C(NO)=C1. The number of nitrogens with one attached hydrogen (secondary N) is 2. The van der Waals surface area contributed by atoms with Crippen LogP contribution in [0.15, 0.2) is 23.0 Å². The highest BCUT2D eigenvalue weighted by Crippen LogP contribution is 2.29. The molecule has 0 saturated heterocycles. The van der Waals surface area contributed by atoms with Crippen LogP contribution in [0.2, 0.25) is 0 Å². The number of hydrogen-bond donors (Lipinski definition) is 4. The summed E-state index contributed by atoms with van der Waals surface area (Å²) in [7, 11) is 0. The summed E-state index contributed by atoms with van der Waals surface area (Å²) in [6.07, 6.45) is 2.60. The van der Waals surface area contributed by atoms with Crippen molar-refractivity contribution in [3.05, 3.63) is 23.0 Å². The minimum Gasteiger partial charge on any atom is -0.291 e. The molecular weight excluding hydrogens is 180 g/mol. The van der Waals surface area contributed by atoms with E-state index in [1.807, 2.05) is 26.8 Å². The molecule has 0 unspecified atom stereocenters. The van der Waals surface area contributed by atoms with Crippen molar-refractivity contribution in [2.24, 2.45) is 11.8 Å². The predicted octanol–water partition coefficient (Wildman–Crippen LogP) is 1.78. The molecule has 0 aromatic rings. The highest BCUT2D eigenvalue weighted by atomic mass is 16.5. The topological polar surface area (TPSA) is 64.5 Å². The third kappa shape index (κ3) is 2.08. The fraction of sp³-hybridized carbons (Fsp3) is 0.600. The lowest BCUT2D eigenvalue weighted by molar-refractivity contribution is 0.172. The van der Waals surface area contributed by atoms with E-state index in [0.29, 0.717) is 12.3 Å². The molecule has 80 valence electrons. The molecule has 0 heterocycles. The first-order valence-corrected chi connectivity index (χ1v) is 4.85. The Morgan fingerprint density at radius 3 is 2.43 bits per heavy atom. The van der Waals surface area contributed by atoms with Crippen molar-refractivity contribution in [3.8, 4) is 0 Å². The molecule has 0 fully saturated rings. The van der Waals surface area contributed by atoms with Crippen molar-refractivity contribution in [3.63, 3.8) is 0 Å². The zero-order chi connectivity index (χ0) is 10.7. The van der Waals surface area contributed by atoms with E-state index in [1.54, 1.807) is 0 Å². The van der Waals surface area contributed by atoms with Gasteiger partial charge in [0.05, 0.1) is 0 Å². The first kappa shape index (κ1) is 11.1. The molecule has 1 aliphatic rings. The number of hydroxylamine groups is 2. The second-order valence-corrected chi connectivity index (χ2v) is 4.02. The number of rotatable bonds is 3. The molecule has 14 heavy (non-hydrogen) atoms. The lowest BCUT2D eigenvalue weighted by Gasteiger charge is -2.25. The summed E-state index contributed by atoms with van der Waals surface area (Å²) >= 11 is 0. The van der Waals surface area contributed by atoms with E-state index in [1.165, 1.54) is 0 Å². The second kappa shape index (κ2) is 4.48. The molecule has 0 aromatic heterocycles. The van der Waals surface area contributed by atoms with E-state index in [0.717, 1.165) is 17.0 Å². The van der Waals surface area contributed by atoms with Crippen molar-refractivity contribution < 1.29 is 10.4 Å². The third-order valence-corrected chi connectivity index (χ3v) is 2.59. The molecule has 0 spiro atoms. The van der Waals surface area contributed by atoms with Crippen LogP contribution in [-0.4, -0.2) is 10.4 Å². The van der Waals surface area contributed by atoms with Crippen molar-refractivity contribution in [1.82, 2.24) is 11.0 Å². The van der Waals surface area contributed by atoms with Gasteiger partial charge in [0.25, 0.3) is 0 Å². The average Bonchev–Trinajstić information content (AvgIpc) is 2.16. The average molecular weight is 198 g/mol. The summed E-state index contributed by atoms with van der Waals surface area (Å²) in [5.41, 5.74) is 7.10. The molecule has 1 aliphatic carbocycles. The van der Waals surface area contributed by atoms with E-state index < -0.39 is 0 Å². The van der Waals surface area contributed by atoms with Gasteiger partial charge in [0.2, 0.25) is 0 Å². The van der Waals surface area contributed by atoms with Crippen LogP contribution >= 0.6 is 0 Å². The van der Waals surface area contributed by atoms with Gasteiger partial charge in [0.15, 0.2) is 0 Å². The van der Waals surface area contributed by atoms with Gasteiger partial charge in [-0.15, -0.1) is 0 Å². The number of hydrogen-bond acceptors (Lipinski definition) is 4. The summed E-state index contributed by atoms with van der Waals surface area (Å²) in [5, 5.41) is 17.9. The highest BCUT2D eigenvalue weighted by Gasteiger charge is 2.20. The first-order valence-electron chi connectivity index (χ1n) is 4.85. The molecule has 4 heteroatoms. The summed E-state index contributed by atoms with van der Waals surface area (Å²) in [6.45, 7) is 6.09. The fourth-order valence-corrected chi connectivity index (χ4v) is 1.70. The van der Waals surface area contributed by atoms with Crippen LogP contribution in [0.3, 0.4) is 0 Å². The van der Waals surface area contributed by atoms with Crippen LogP contribution in [0.25, 0.3) is 0 Å². The third-order valence-electron chi connectivity index (χ3n) is 2.59. The Hall–Kier alpha value is -1.00. The molecule has 0 radical (unpaired) electrons. The van der Waals surface area contributed by atoms with Gasteiger partial charge in [-0.3, -0.25) is 21.4 Å². The van der Waals surface area contributed by atoms with Gasteiger partial charge in [0.1, 0.15) is 0 Å². The van der Waals surface area contributed by atoms with Gasteiger partial charge in [-0.2, -0.15) is 0 Å². The Morgan fingerprint density at radius 2 is 2.00 bits per heavy atom. The van der Waals surface area contributed by atoms with E-state index in [2.05, 4.69) is 11.0 Å². The van der Waals surface area contributed by atoms with Crippen LogP contribution in [0.5, 0.6) is 0 Å². The summed E-state index contributed by atoms with van der Waals surface area (Å²) in [6, 6.07) is 0. The summed E-state index contributed by atoms with van der Waals surface area (Å²) < 4.78 is 0. The van der Waals surface area contributed by atoms with Crippen molar-refractivity contribution >= 4 is 0 Å². The molecule has 4 N–H and O–H groups in total. The molecule has 4 nitrogen and oxygen atoms in total. The monoisotopic (exact) mass is 198 g/mol. The highest BCUT2D eigenvalue weighted by molar-refractivity contribution is 5.34. The van der Waals surface area contributed by atoms with Crippen LogP contribution in [0, 0.1) is 11.8 Å². The maximum absolute atomic E-state index is 8.97. The van der Waals surface area contributed by atoms with Crippen molar-refractivity contribution in [2.75, 3.05) is 0 Å². The van der Waals surface area contributed by atoms with E-state index in [4.69, 9.17) is 10.4 Å². The van der Waals surface area contributed by atoms with Gasteiger partial charge in [0, 0.05) is 17.3 Å². The quantitative estimate of drug-likeness (QED) is 0.522. The molecule has 0 saturated carbocycles. The van der Waals surface area contributed by atoms with Crippen LogP contribution in [-0.2, 0) is 0 Å². The Labute approximate surface area is 84.2 Å². The molecular formula is C10H18N2O2. The molecule has 0 bridgehead atoms. The lowest BCUT2D eigenvalue weighted by atomic mass is 9.87. The zero-order valence-electron chi connectivity index (χ0n) is 8.83. The van der Waals surface area contributed by atoms with Crippen LogP contribution in [0.4, 0.5) is 0 Å². The Balaban J connectivity index is 3.01. The molecule has 1 rings (SSSR count). The Bertz CT molecular complexity index is 269. The second-order valence-electron chi connectivity index (χ2n) is 4.02. The molecule has 0 amide bonds. The lowest BCUT2D eigenvalue weighted by Crippen LogP contribution is -2.24. The first-order chi connectivity index (χ1) is 6.60. The standard InChI is InChI=1S/C10H18N2O2/c1-6(2)8-5-9(11-13)7(3)4-10(8)12-14/h5-7,11-14H,4H2,1-3H3/t7-/m1/s1. The van der Waals surface area contributed by atoms with Gasteiger partial charge in [-0.05, 0) is 24.0 Å². The van der Waals surface area contributed by atoms with E-state index >= 15 is 0 Å². The minimum absolute atomic E-state index is 0.192. The molecule has 1 atom stereocenters. The summed E-state index contributed by atoms with van der Waals surface area (Å²) in [4.78, 5) is 0. The van der Waals surface area contributed by atoms with Gasteiger partial charge in [-0.25, -0.2) is 0 Å². The predicted molar refractivity (Wildman–Crippen MR) is 53.6 cm³/mol. The minimum atomic E-state index is 0.192. The Morgan fingerprint density at radius 1 is 1.36 bits per heavy atom. The van der Waals surface area contributed by atoms with Crippen LogP contribution in [0.1, 0.15) is 27.2 Å². The Kier molecular flexibility index (Phi) is 3.55. The van der Waals surface area contributed by atoms with E-state index in [-0.39, 0.29) is 5.92 Å². The van der Waals surface area contributed by atoms with Gasteiger partial charge >= 0.3 is 0 Å². The molecule has 0 aromatic carbocycles. The normalized spacial score (nSPS) is 22.4. The van der Waals surface area contributed by atoms with Gasteiger partial charge in [-0.1, -0.05) is 20.8 Å². The van der Waals surface area contributed by atoms with Crippen LogP contribution < -0.4 is 11.0 Å². The maximum Gasteiger partial charge on any atom is 0.0417 e. The number of allylic oxidation sites excluding steroid dienone is 4. The van der Waals surface area contributed by atoms with Crippen molar-refractivity contribution in [1.29, 1.82) is 0 Å². The van der Waals surface area contributed by atoms with E-state index in [9.17, 15) is 0 Å². The largest absolute Gasteiger partial charge is 0.291 e. The fourth-order valence-electron chi connectivity index (χ4n) is 1.70. The zero-order valence-corrected chi connectivity index (χ0v) is 8.83. The smallest absolute Gasteiger partial charge is 0.0417 e. The van der Waals surface area contributed by atoms with Crippen molar-refractivity contribution in [2.45, 2.75) is 27.2 Å².